The van der Waals surface area contributed by atoms with Crippen LogP contribution in [0.3, 0.4) is 0 Å². The number of carbonyl (C=O) groups is 3. The molecule has 0 amide bonds. The molecule has 0 aliphatic carbocycles. The lowest BCUT2D eigenvalue weighted by Crippen LogP contribution is -2.38. The number of phosphoric acid groups is 1. The van der Waals surface area contributed by atoms with Crippen LogP contribution in [-0.4, -0.2) is 80.4 Å². The summed E-state index contributed by atoms with van der Waals surface area (Å²) in [5.74, 6) is -2.55. The van der Waals surface area contributed by atoms with E-state index in [1.165, 1.54) is 31.0 Å². The highest BCUT2D eigenvalue weighted by Gasteiger charge is 2.25. The molecule has 0 aromatic heterocycles. The number of carbonyl (C=O) groups excluding carboxylic acids is 2. The van der Waals surface area contributed by atoms with Gasteiger partial charge in [-0.25, -0.2) is 4.57 Å². The van der Waals surface area contributed by atoms with Crippen molar-refractivity contribution in [3.63, 3.8) is 0 Å². The van der Waals surface area contributed by atoms with Gasteiger partial charge in [-0.1, -0.05) is 68.4 Å². The fourth-order valence-electron chi connectivity index (χ4n) is 3.28. The fraction of sp³-hybridized carbons (Fsp3) is 0.607. The van der Waals surface area contributed by atoms with Gasteiger partial charge in [-0.2, -0.15) is 0 Å². The Kier molecular flexibility index (Phi) is 22.9. The molecule has 42 heavy (non-hydrogen) atoms. The van der Waals surface area contributed by atoms with E-state index in [-0.39, 0.29) is 25.0 Å². The minimum atomic E-state index is -4.83. The highest BCUT2D eigenvalue weighted by Crippen LogP contribution is 2.35. The van der Waals surface area contributed by atoms with Crippen LogP contribution in [0, 0.1) is 0 Å². The van der Waals surface area contributed by atoms with Gasteiger partial charge in [-0.3, -0.25) is 18.9 Å². The molecule has 12 nitrogen and oxygen atoms in total. The number of ether oxygens (including phenoxy) is 2. The smallest absolute Gasteiger partial charge is 0.469 e. The number of carboxylic acids is 1. The van der Waals surface area contributed by atoms with Gasteiger partial charge >= 0.3 is 25.7 Å². The van der Waals surface area contributed by atoms with Crippen LogP contribution in [0.1, 0.15) is 65.2 Å². The van der Waals surface area contributed by atoms with Crippen molar-refractivity contribution in [1.82, 2.24) is 0 Å². The first kappa shape index (κ1) is 39.8. The van der Waals surface area contributed by atoms with Crippen molar-refractivity contribution in [3.05, 3.63) is 48.6 Å². The van der Waals surface area contributed by atoms with Crippen molar-refractivity contribution in [2.45, 2.75) is 88.7 Å². The van der Waals surface area contributed by atoms with Gasteiger partial charge in [0.2, 0.25) is 0 Å². The maximum absolute atomic E-state index is 12.4. The Balaban J connectivity index is 4.98. The number of nitrogens with two attached hydrogens (primary N) is 1. The number of aliphatic hydroxyl groups excluding tert-OH is 1. The summed E-state index contributed by atoms with van der Waals surface area (Å²) in [7, 11) is -4.83. The van der Waals surface area contributed by atoms with Crippen molar-refractivity contribution in [3.8, 4) is 0 Å². The molecular formula is C28H46NO11PS. The van der Waals surface area contributed by atoms with E-state index in [9.17, 15) is 24.1 Å². The predicted molar refractivity (Wildman–Crippen MR) is 162 cm³/mol. The second-order valence-corrected chi connectivity index (χ2v) is 11.8. The van der Waals surface area contributed by atoms with Gasteiger partial charge in [-0.05, 0) is 32.1 Å². The van der Waals surface area contributed by atoms with Crippen LogP contribution in [0.2, 0.25) is 0 Å². The number of carboxylic acid groups (broad SMARTS) is 1. The van der Waals surface area contributed by atoms with E-state index in [0.29, 0.717) is 0 Å². The number of rotatable bonds is 24. The van der Waals surface area contributed by atoms with Crippen LogP contribution in [0.4, 0.5) is 0 Å². The van der Waals surface area contributed by atoms with E-state index < -0.39 is 62.4 Å². The second-order valence-electron chi connectivity index (χ2n) is 9.31. The van der Waals surface area contributed by atoms with E-state index in [1.807, 2.05) is 18.2 Å². The quantitative estimate of drug-likeness (QED) is 0.0337. The van der Waals surface area contributed by atoms with Crippen LogP contribution in [0.25, 0.3) is 0 Å². The van der Waals surface area contributed by atoms with Crippen LogP contribution >= 0.6 is 19.6 Å². The first-order valence-electron chi connectivity index (χ1n) is 13.8. The van der Waals surface area contributed by atoms with Gasteiger partial charge in [0.25, 0.3) is 0 Å². The summed E-state index contributed by atoms with van der Waals surface area (Å²) in [5, 5.41) is 19.0. The van der Waals surface area contributed by atoms with Crippen molar-refractivity contribution in [2.75, 3.05) is 19.0 Å². The zero-order valence-electron chi connectivity index (χ0n) is 24.3. The summed E-state index contributed by atoms with van der Waals surface area (Å²) < 4.78 is 25.1. The molecule has 0 spiro atoms. The van der Waals surface area contributed by atoms with Gasteiger partial charge in [-0.15, -0.1) is 11.8 Å². The van der Waals surface area contributed by atoms with Crippen molar-refractivity contribution in [2.24, 2.45) is 5.73 Å². The summed E-state index contributed by atoms with van der Waals surface area (Å²) >= 11 is 1.18. The third-order valence-electron chi connectivity index (χ3n) is 5.40. The lowest BCUT2D eigenvalue weighted by atomic mass is 10.1. The third kappa shape index (κ3) is 24.4. The number of unbranched alkanes of at least 4 members (excludes halogenated alkanes) is 3. The molecule has 0 aliphatic heterocycles. The fourth-order valence-corrected chi connectivity index (χ4v) is 4.77. The molecule has 240 valence electrons. The molecule has 0 aromatic rings. The average molecular weight is 636 g/mol. The van der Waals surface area contributed by atoms with Crippen molar-refractivity contribution < 1.29 is 52.9 Å². The Hall–Kier alpha value is -2.25. The van der Waals surface area contributed by atoms with Crippen molar-refractivity contribution >= 4 is 37.5 Å². The second kappa shape index (κ2) is 24.2. The van der Waals surface area contributed by atoms with E-state index in [2.05, 4.69) is 23.6 Å². The van der Waals surface area contributed by atoms with Gasteiger partial charge in [0.15, 0.2) is 6.10 Å². The monoisotopic (exact) mass is 635 g/mol. The average Bonchev–Trinajstić information content (AvgIpc) is 2.91. The van der Waals surface area contributed by atoms with Gasteiger partial charge < -0.3 is 35.2 Å². The molecule has 0 aromatic carbocycles. The number of esters is 2. The molecule has 6 N–H and O–H groups in total. The van der Waals surface area contributed by atoms with Crippen LogP contribution in [-0.2, 0) is 32.9 Å². The number of hydrogen-bond acceptors (Lipinski definition) is 10. The van der Waals surface area contributed by atoms with Crippen LogP contribution in [0.15, 0.2) is 48.6 Å². The van der Waals surface area contributed by atoms with E-state index in [0.717, 1.165) is 19.8 Å². The third-order valence-corrected chi connectivity index (χ3v) is 7.29. The topological polar surface area (TPSA) is 203 Å². The molecule has 0 unspecified atom stereocenters. The molecule has 0 aliphatic rings. The maximum Gasteiger partial charge on any atom is 0.469 e. The first-order chi connectivity index (χ1) is 19.9. The molecule has 14 heteroatoms. The zero-order valence-corrected chi connectivity index (χ0v) is 26.0. The van der Waals surface area contributed by atoms with Crippen molar-refractivity contribution in [1.29, 1.82) is 0 Å². The molecule has 0 bridgehead atoms. The number of aliphatic carboxylic acids is 1. The Morgan fingerprint density at radius 2 is 1.71 bits per heavy atom. The Bertz CT molecular complexity index is 948. The normalized spacial score (nSPS) is 15.4. The molecule has 0 rings (SSSR count). The van der Waals surface area contributed by atoms with E-state index >= 15 is 0 Å². The molecular weight excluding hydrogens is 589 g/mol. The van der Waals surface area contributed by atoms with Gasteiger partial charge in [0.1, 0.15) is 12.6 Å². The largest absolute Gasteiger partial charge is 0.481 e. The predicted octanol–water partition coefficient (Wildman–Crippen LogP) is 3.81. The Morgan fingerprint density at radius 3 is 2.36 bits per heavy atom. The Labute approximate surface area is 252 Å². The Morgan fingerprint density at radius 1 is 1.00 bits per heavy atom. The standard InChI is InChI=1S/C28H46NO11PS/c1-3-4-5-6-7-8-9-10-11-12-13-14-17-26(25(31)16-15-18-27(32)33)42-21-24(29)28(34)38-19-23(40-22(2)30)20-39-41(35,36)37/h7-8,10-14,17,23-26,31H,3-6,9,15-16,18-21,29H2,1-2H3,(H,32,33)(H2,35,36,37)/b8-7-,11-10-,13-12+,17-14+/t23-,24+,25+,26-/m1/s1. The SMILES string of the molecule is CCCCC/C=C\C\C=C/C=C/C=C/[C@@H](SC[C@H](N)C(=O)OC[C@H](COP(=O)(O)O)OC(C)=O)[C@@H](O)CCCC(=O)O. The van der Waals surface area contributed by atoms with E-state index in [1.54, 1.807) is 18.2 Å². The molecule has 0 fully saturated rings. The van der Waals surface area contributed by atoms with Crippen LogP contribution in [0.5, 0.6) is 0 Å². The highest BCUT2D eigenvalue weighted by atomic mass is 32.2. The molecule has 0 saturated carbocycles. The van der Waals surface area contributed by atoms with E-state index in [4.69, 9.17) is 30.1 Å². The minimum absolute atomic E-state index is 0.0370. The zero-order chi connectivity index (χ0) is 31.8. The highest BCUT2D eigenvalue weighted by molar-refractivity contribution is 8.00. The number of allylic oxidation sites excluding steroid dienone is 7. The lowest BCUT2D eigenvalue weighted by Gasteiger charge is -2.21. The van der Waals surface area contributed by atoms with Crippen LogP contribution < -0.4 is 5.73 Å². The number of phosphoric ester groups is 1. The summed E-state index contributed by atoms with van der Waals surface area (Å²) in [6.45, 7) is 2.01. The molecule has 0 radical (unpaired) electrons. The maximum atomic E-state index is 12.4. The summed E-state index contributed by atoms with van der Waals surface area (Å²) in [6.07, 6.45) is 19.2. The number of aliphatic hydroxyl groups is 1. The number of hydrogen-bond donors (Lipinski definition) is 5. The lowest BCUT2D eigenvalue weighted by molar-refractivity contribution is -0.159. The molecule has 0 saturated heterocycles. The summed E-state index contributed by atoms with van der Waals surface area (Å²) in [4.78, 5) is 52.1. The number of thioether (sulfide) groups is 1. The summed E-state index contributed by atoms with van der Waals surface area (Å²) in [6, 6.07) is -1.13. The molecule has 0 heterocycles. The first-order valence-corrected chi connectivity index (χ1v) is 16.4. The van der Waals surface area contributed by atoms with Gasteiger partial charge in [0, 0.05) is 24.3 Å². The van der Waals surface area contributed by atoms with Gasteiger partial charge in [0.05, 0.1) is 12.7 Å². The minimum Gasteiger partial charge on any atom is -0.481 e. The summed E-state index contributed by atoms with van der Waals surface area (Å²) in [5.41, 5.74) is 5.93. The molecule has 4 atom stereocenters.